The van der Waals surface area contributed by atoms with E-state index in [9.17, 15) is 4.79 Å². The number of hydrogen-bond donors (Lipinski definition) is 1. The maximum Gasteiger partial charge on any atom is 0.165 e. The second kappa shape index (κ2) is 4.08. The SMILES string of the molecule is CC[C@H](C)C(=O)c1ccc(N)cc1. The summed E-state index contributed by atoms with van der Waals surface area (Å²) in [4.78, 5) is 11.6. The molecule has 1 atom stereocenters. The molecular formula is C11H15NO. The van der Waals surface area contributed by atoms with Crippen LogP contribution in [0.2, 0.25) is 0 Å². The average molecular weight is 177 g/mol. The van der Waals surface area contributed by atoms with Crippen LogP contribution in [-0.4, -0.2) is 5.78 Å². The number of rotatable bonds is 3. The lowest BCUT2D eigenvalue weighted by molar-refractivity contribution is 0.0927. The van der Waals surface area contributed by atoms with Crippen molar-refractivity contribution < 1.29 is 4.79 Å². The van der Waals surface area contributed by atoms with Crippen molar-refractivity contribution in [3.63, 3.8) is 0 Å². The summed E-state index contributed by atoms with van der Waals surface area (Å²) in [6, 6.07) is 7.08. The zero-order valence-corrected chi connectivity index (χ0v) is 8.08. The lowest BCUT2D eigenvalue weighted by Crippen LogP contribution is -2.09. The van der Waals surface area contributed by atoms with Crippen molar-refractivity contribution in [3.8, 4) is 0 Å². The number of benzene rings is 1. The molecule has 0 aromatic heterocycles. The van der Waals surface area contributed by atoms with Gasteiger partial charge in [0.2, 0.25) is 0 Å². The van der Waals surface area contributed by atoms with Gasteiger partial charge in [-0.3, -0.25) is 4.79 Å². The summed E-state index contributed by atoms with van der Waals surface area (Å²) >= 11 is 0. The first-order valence-electron chi connectivity index (χ1n) is 4.55. The number of carbonyl (C=O) groups is 1. The molecule has 70 valence electrons. The second-order valence-electron chi connectivity index (χ2n) is 3.30. The van der Waals surface area contributed by atoms with Crippen LogP contribution in [0.3, 0.4) is 0 Å². The first-order valence-corrected chi connectivity index (χ1v) is 4.55. The van der Waals surface area contributed by atoms with Crippen LogP contribution in [0.5, 0.6) is 0 Å². The Labute approximate surface area is 78.8 Å². The zero-order valence-electron chi connectivity index (χ0n) is 8.08. The van der Waals surface area contributed by atoms with Gasteiger partial charge in [-0.15, -0.1) is 0 Å². The Kier molecular flexibility index (Phi) is 3.07. The molecule has 0 spiro atoms. The minimum atomic E-state index is 0.101. The van der Waals surface area contributed by atoms with Crippen LogP contribution >= 0.6 is 0 Å². The van der Waals surface area contributed by atoms with Crippen molar-refractivity contribution in [2.75, 3.05) is 5.73 Å². The molecule has 0 aliphatic rings. The normalized spacial score (nSPS) is 12.5. The van der Waals surface area contributed by atoms with E-state index in [1.807, 2.05) is 13.8 Å². The standard InChI is InChI=1S/C11H15NO/c1-3-8(2)11(13)9-4-6-10(12)7-5-9/h4-8H,3,12H2,1-2H3/t8-/m0/s1. The molecule has 0 heterocycles. The lowest BCUT2D eigenvalue weighted by atomic mass is 9.97. The van der Waals surface area contributed by atoms with Gasteiger partial charge in [-0.25, -0.2) is 0 Å². The van der Waals surface area contributed by atoms with Crippen LogP contribution in [0, 0.1) is 5.92 Å². The van der Waals surface area contributed by atoms with Crippen LogP contribution in [0.15, 0.2) is 24.3 Å². The molecule has 2 heteroatoms. The Hall–Kier alpha value is -1.31. The smallest absolute Gasteiger partial charge is 0.165 e. The third-order valence-electron chi connectivity index (χ3n) is 2.26. The van der Waals surface area contributed by atoms with Gasteiger partial charge in [0.25, 0.3) is 0 Å². The summed E-state index contributed by atoms with van der Waals surface area (Å²) in [6.45, 7) is 3.96. The predicted molar refractivity (Wildman–Crippen MR) is 54.6 cm³/mol. The van der Waals surface area contributed by atoms with Crippen molar-refractivity contribution in [3.05, 3.63) is 29.8 Å². The monoisotopic (exact) mass is 177 g/mol. The summed E-state index contributed by atoms with van der Waals surface area (Å²) in [7, 11) is 0. The average Bonchev–Trinajstić information content (AvgIpc) is 2.17. The van der Waals surface area contributed by atoms with Crippen molar-refractivity contribution in [2.24, 2.45) is 5.92 Å². The highest BCUT2D eigenvalue weighted by molar-refractivity contribution is 5.97. The number of ketones is 1. The Morgan fingerprint density at radius 3 is 2.38 bits per heavy atom. The van der Waals surface area contributed by atoms with Gasteiger partial charge in [0.1, 0.15) is 0 Å². The molecule has 0 fully saturated rings. The van der Waals surface area contributed by atoms with Gasteiger partial charge in [-0.05, 0) is 30.7 Å². The van der Waals surface area contributed by atoms with Crippen LogP contribution in [-0.2, 0) is 0 Å². The van der Waals surface area contributed by atoms with Gasteiger partial charge in [0.15, 0.2) is 5.78 Å². The molecule has 0 saturated carbocycles. The van der Waals surface area contributed by atoms with Gasteiger partial charge < -0.3 is 5.73 Å². The number of carbonyl (C=O) groups excluding carboxylic acids is 1. The van der Waals surface area contributed by atoms with Gasteiger partial charge in [0.05, 0.1) is 0 Å². The summed E-state index contributed by atoms with van der Waals surface area (Å²) < 4.78 is 0. The molecule has 0 bridgehead atoms. The summed E-state index contributed by atoms with van der Waals surface area (Å²) in [6.07, 6.45) is 0.878. The Morgan fingerprint density at radius 1 is 1.38 bits per heavy atom. The summed E-state index contributed by atoms with van der Waals surface area (Å²) in [5, 5.41) is 0. The van der Waals surface area contributed by atoms with E-state index in [1.54, 1.807) is 24.3 Å². The predicted octanol–water partition coefficient (Wildman–Crippen LogP) is 2.50. The van der Waals surface area contributed by atoms with Crippen LogP contribution in [0.1, 0.15) is 30.6 Å². The molecule has 0 aliphatic carbocycles. The fourth-order valence-electron chi connectivity index (χ4n) is 1.12. The Bertz CT molecular complexity index is 289. The minimum absolute atomic E-state index is 0.101. The molecule has 13 heavy (non-hydrogen) atoms. The number of Topliss-reactive ketones (excluding diaryl/α,β-unsaturated/α-hetero) is 1. The largest absolute Gasteiger partial charge is 0.399 e. The number of hydrogen-bond acceptors (Lipinski definition) is 2. The third-order valence-corrected chi connectivity index (χ3v) is 2.26. The molecule has 1 aromatic rings. The summed E-state index contributed by atoms with van der Waals surface area (Å²) in [5.74, 6) is 0.297. The first kappa shape index (κ1) is 9.78. The molecule has 1 rings (SSSR count). The highest BCUT2D eigenvalue weighted by atomic mass is 16.1. The molecule has 0 saturated heterocycles. The van der Waals surface area contributed by atoms with E-state index in [4.69, 9.17) is 5.73 Å². The molecule has 2 N–H and O–H groups in total. The van der Waals surface area contributed by atoms with Crippen molar-refractivity contribution >= 4 is 11.5 Å². The van der Waals surface area contributed by atoms with Crippen LogP contribution < -0.4 is 5.73 Å². The van der Waals surface area contributed by atoms with E-state index in [0.717, 1.165) is 12.0 Å². The Balaban J connectivity index is 2.83. The van der Waals surface area contributed by atoms with Gasteiger partial charge >= 0.3 is 0 Å². The molecule has 0 amide bonds. The third kappa shape index (κ3) is 2.31. The van der Waals surface area contributed by atoms with E-state index in [-0.39, 0.29) is 11.7 Å². The van der Waals surface area contributed by atoms with E-state index in [2.05, 4.69) is 0 Å². The maximum absolute atomic E-state index is 11.6. The van der Waals surface area contributed by atoms with Gasteiger partial charge in [0, 0.05) is 17.2 Å². The topological polar surface area (TPSA) is 43.1 Å². The number of nitrogen functional groups attached to an aromatic ring is 1. The fraction of sp³-hybridized carbons (Fsp3) is 0.364. The molecule has 0 radical (unpaired) electrons. The fourth-order valence-corrected chi connectivity index (χ4v) is 1.12. The zero-order chi connectivity index (χ0) is 9.84. The maximum atomic E-state index is 11.6. The molecule has 2 nitrogen and oxygen atoms in total. The van der Waals surface area contributed by atoms with E-state index in [0.29, 0.717) is 5.69 Å². The highest BCUT2D eigenvalue weighted by Crippen LogP contribution is 2.13. The van der Waals surface area contributed by atoms with Gasteiger partial charge in [-0.1, -0.05) is 13.8 Å². The van der Waals surface area contributed by atoms with Crippen LogP contribution in [0.25, 0.3) is 0 Å². The van der Waals surface area contributed by atoms with Crippen LogP contribution in [0.4, 0.5) is 5.69 Å². The van der Waals surface area contributed by atoms with Crippen molar-refractivity contribution in [1.82, 2.24) is 0 Å². The number of nitrogens with two attached hydrogens (primary N) is 1. The van der Waals surface area contributed by atoms with Crippen molar-refractivity contribution in [2.45, 2.75) is 20.3 Å². The minimum Gasteiger partial charge on any atom is -0.399 e. The van der Waals surface area contributed by atoms with Gasteiger partial charge in [-0.2, -0.15) is 0 Å². The quantitative estimate of drug-likeness (QED) is 0.569. The Morgan fingerprint density at radius 2 is 1.92 bits per heavy atom. The van der Waals surface area contributed by atoms with E-state index < -0.39 is 0 Å². The highest BCUT2D eigenvalue weighted by Gasteiger charge is 2.12. The first-order chi connectivity index (χ1) is 6.15. The van der Waals surface area contributed by atoms with E-state index in [1.165, 1.54) is 0 Å². The van der Waals surface area contributed by atoms with Crippen molar-refractivity contribution in [1.29, 1.82) is 0 Å². The molecule has 0 unspecified atom stereocenters. The number of anilines is 1. The summed E-state index contributed by atoms with van der Waals surface area (Å²) in [5.41, 5.74) is 6.97. The molecule has 0 aliphatic heterocycles. The second-order valence-corrected chi connectivity index (χ2v) is 3.30. The van der Waals surface area contributed by atoms with E-state index >= 15 is 0 Å². The lowest BCUT2D eigenvalue weighted by Gasteiger charge is -2.06. The molecular weight excluding hydrogens is 162 g/mol. The molecule has 1 aromatic carbocycles.